The van der Waals surface area contributed by atoms with Gasteiger partial charge in [-0.15, -0.1) is 0 Å². The number of likely N-dealkylation sites (N-methyl/N-ethyl adjacent to an activating group) is 1. The summed E-state index contributed by atoms with van der Waals surface area (Å²) in [6.07, 6.45) is 2.30. The van der Waals surface area contributed by atoms with Gasteiger partial charge in [-0.25, -0.2) is 4.79 Å². The van der Waals surface area contributed by atoms with Crippen molar-refractivity contribution in [2.24, 2.45) is 5.92 Å². The van der Waals surface area contributed by atoms with Crippen LogP contribution in [0.5, 0.6) is 0 Å². The van der Waals surface area contributed by atoms with Gasteiger partial charge in [0.05, 0.1) is 5.92 Å². The molecule has 6 nitrogen and oxygen atoms in total. The molecule has 2 atom stereocenters. The Bertz CT molecular complexity index is 322. The molecule has 2 amide bonds. The Morgan fingerprint density at radius 1 is 1.53 bits per heavy atom. The molecule has 19 heavy (non-hydrogen) atoms. The van der Waals surface area contributed by atoms with Gasteiger partial charge in [-0.1, -0.05) is 13.8 Å². The van der Waals surface area contributed by atoms with Crippen LogP contribution in [0.4, 0.5) is 4.79 Å². The van der Waals surface area contributed by atoms with Gasteiger partial charge in [-0.2, -0.15) is 0 Å². The molecule has 0 aliphatic carbocycles. The van der Waals surface area contributed by atoms with Crippen LogP contribution in [0, 0.1) is 5.92 Å². The summed E-state index contributed by atoms with van der Waals surface area (Å²) in [4.78, 5) is 26.4. The summed E-state index contributed by atoms with van der Waals surface area (Å²) in [5.74, 6) is -1.43. The molecule has 0 saturated carbocycles. The number of nitrogens with one attached hydrogen (secondary N) is 1. The smallest absolute Gasteiger partial charge is 0.317 e. The Labute approximate surface area is 114 Å². The van der Waals surface area contributed by atoms with Crippen LogP contribution in [0.1, 0.15) is 26.7 Å². The van der Waals surface area contributed by atoms with Crippen molar-refractivity contribution in [2.45, 2.75) is 32.7 Å². The van der Waals surface area contributed by atoms with E-state index in [0.717, 1.165) is 19.5 Å². The average Bonchev–Trinajstić information content (AvgIpc) is 2.82. The van der Waals surface area contributed by atoms with E-state index in [9.17, 15) is 9.59 Å². The van der Waals surface area contributed by atoms with Crippen LogP contribution in [0.2, 0.25) is 0 Å². The number of urea groups is 1. The fourth-order valence-electron chi connectivity index (χ4n) is 2.45. The van der Waals surface area contributed by atoms with E-state index in [1.54, 1.807) is 14.0 Å². The molecule has 1 fully saturated rings. The molecule has 0 spiro atoms. The summed E-state index contributed by atoms with van der Waals surface area (Å²) in [5.41, 5.74) is 0. The molecule has 1 aliphatic heterocycles. The van der Waals surface area contributed by atoms with E-state index < -0.39 is 11.9 Å². The second kappa shape index (κ2) is 7.33. The number of likely N-dealkylation sites (tertiary alicyclic amines) is 1. The first-order chi connectivity index (χ1) is 8.95. The number of carboxylic acids is 1. The third kappa shape index (κ3) is 4.70. The molecule has 1 saturated heterocycles. The van der Waals surface area contributed by atoms with Crippen LogP contribution < -0.4 is 5.32 Å². The number of hydrogen-bond acceptors (Lipinski definition) is 3. The lowest BCUT2D eigenvalue weighted by molar-refractivity contribution is -0.141. The molecule has 6 heteroatoms. The van der Waals surface area contributed by atoms with Crippen molar-refractivity contribution in [2.75, 3.05) is 33.2 Å². The Kier molecular flexibility index (Phi) is 6.08. The quantitative estimate of drug-likeness (QED) is 0.750. The van der Waals surface area contributed by atoms with Crippen molar-refractivity contribution in [3.63, 3.8) is 0 Å². The highest BCUT2D eigenvalue weighted by atomic mass is 16.4. The molecule has 0 bridgehead atoms. The average molecular weight is 271 g/mol. The van der Waals surface area contributed by atoms with Gasteiger partial charge in [0.15, 0.2) is 0 Å². The largest absolute Gasteiger partial charge is 0.481 e. The molecule has 110 valence electrons. The number of hydrogen-bond donors (Lipinski definition) is 2. The van der Waals surface area contributed by atoms with Gasteiger partial charge >= 0.3 is 12.0 Å². The molecule has 0 aromatic heterocycles. The van der Waals surface area contributed by atoms with Crippen molar-refractivity contribution in [1.82, 2.24) is 15.1 Å². The SMILES string of the molecule is CCN1CCCC1CNC(=O)N(C)CC(C)C(=O)O. The zero-order chi connectivity index (χ0) is 14.4. The monoisotopic (exact) mass is 271 g/mol. The van der Waals surface area contributed by atoms with Gasteiger partial charge in [0.2, 0.25) is 0 Å². The summed E-state index contributed by atoms with van der Waals surface area (Å²) in [7, 11) is 1.63. The normalized spacial score (nSPS) is 21.1. The van der Waals surface area contributed by atoms with Gasteiger partial charge in [-0.3, -0.25) is 9.69 Å². The highest BCUT2D eigenvalue weighted by Crippen LogP contribution is 2.15. The van der Waals surface area contributed by atoms with Crippen molar-refractivity contribution in [3.05, 3.63) is 0 Å². The fourth-order valence-corrected chi connectivity index (χ4v) is 2.45. The predicted molar refractivity (Wildman–Crippen MR) is 73.1 cm³/mol. The molecule has 2 N–H and O–H groups in total. The number of carbonyl (C=O) groups is 2. The maximum Gasteiger partial charge on any atom is 0.317 e. The van der Waals surface area contributed by atoms with Crippen LogP contribution >= 0.6 is 0 Å². The first-order valence-corrected chi connectivity index (χ1v) is 6.91. The van der Waals surface area contributed by atoms with Gasteiger partial charge in [-0.05, 0) is 25.9 Å². The Hall–Kier alpha value is -1.30. The lowest BCUT2D eigenvalue weighted by Gasteiger charge is -2.25. The van der Waals surface area contributed by atoms with Crippen LogP contribution in [0.3, 0.4) is 0 Å². The van der Waals surface area contributed by atoms with E-state index in [1.807, 2.05) is 0 Å². The third-order valence-corrected chi connectivity index (χ3v) is 3.71. The highest BCUT2D eigenvalue weighted by Gasteiger charge is 2.24. The summed E-state index contributed by atoms with van der Waals surface area (Å²) >= 11 is 0. The molecule has 0 aromatic rings. The Balaban J connectivity index is 2.32. The van der Waals surface area contributed by atoms with E-state index in [1.165, 1.54) is 11.3 Å². The lowest BCUT2D eigenvalue weighted by atomic mass is 10.2. The summed E-state index contributed by atoms with van der Waals surface area (Å²) in [5, 5.41) is 11.7. The lowest BCUT2D eigenvalue weighted by Crippen LogP contribution is -2.46. The Morgan fingerprint density at radius 3 is 2.79 bits per heavy atom. The minimum Gasteiger partial charge on any atom is -0.481 e. The topological polar surface area (TPSA) is 72.9 Å². The van der Waals surface area contributed by atoms with E-state index >= 15 is 0 Å². The Morgan fingerprint density at radius 2 is 2.21 bits per heavy atom. The van der Waals surface area contributed by atoms with E-state index in [-0.39, 0.29) is 12.6 Å². The van der Waals surface area contributed by atoms with Crippen LogP contribution in [-0.2, 0) is 4.79 Å². The molecule has 2 unspecified atom stereocenters. The highest BCUT2D eigenvalue weighted by molar-refractivity contribution is 5.75. The van der Waals surface area contributed by atoms with E-state index in [4.69, 9.17) is 5.11 Å². The van der Waals surface area contributed by atoms with Crippen LogP contribution in [0.25, 0.3) is 0 Å². The first-order valence-electron chi connectivity index (χ1n) is 6.91. The fraction of sp³-hybridized carbons (Fsp3) is 0.846. The van der Waals surface area contributed by atoms with Gasteiger partial charge in [0, 0.05) is 26.2 Å². The van der Waals surface area contributed by atoms with Crippen molar-refractivity contribution >= 4 is 12.0 Å². The van der Waals surface area contributed by atoms with E-state index in [0.29, 0.717) is 12.6 Å². The number of aliphatic carboxylic acids is 1. The number of amides is 2. The van der Waals surface area contributed by atoms with Crippen molar-refractivity contribution in [1.29, 1.82) is 0 Å². The van der Waals surface area contributed by atoms with Crippen molar-refractivity contribution in [3.8, 4) is 0 Å². The van der Waals surface area contributed by atoms with E-state index in [2.05, 4.69) is 17.1 Å². The second-order valence-corrected chi connectivity index (χ2v) is 5.23. The third-order valence-electron chi connectivity index (χ3n) is 3.71. The molecule has 1 aliphatic rings. The van der Waals surface area contributed by atoms with Gasteiger partial charge in [0.1, 0.15) is 0 Å². The number of carbonyl (C=O) groups excluding carboxylic acids is 1. The van der Waals surface area contributed by atoms with Gasteiger partial charge < -0.3 is 15.3 Å². The number of nitrogens with zero attached hydrogens (tertiary/aromatic N) is 2. The zero-order valence-electron chi connectivity index (χ0n) is 12.1. The summed E-state index contributed by atoms with van der Waals surface area (Å²) in [6, 6.07) is 0.218. The van der Waals surface area contributed by atoms with Crippen LogP contribution in [0.15, 0.2) is 0 Å². The summed E-state index contributed by atoms with van der Waals surface area (Å²) in [6.45, 7) is 6.69. The minimum absolute atomic E-state index is 0.198. The maximum absolute atomic E-state index is 11.9. The molecular formula is C13H25N3O3. The minimum atomic E-state index is -0.882. The molecule has 1 rings (SSSR count). The van der Waals surface area contributed by atoms with Crippen molar-refractivity contribution < 1.29 is 14.7 Å². The number of rotatable bonds is 6. The molecule has 1 heterocycles. The molecule has 0 aromatic carbocycles. The molecular weight excluding hydrogens is 246 g/mol. The maximum atomic E-state index is 11.9. The summed E-state index contributed by atoms with van der Waals surface area (Å²) < 4.78 is 0. The second-order valence-electron chi connectivity index (χ2n) is 5.23. The number of carboxylic acid groups (broad SMARTS) is 1. The standard InChI is InChI=1S/C13H25N3O3/c1-4-16-7-5-6-11(16)8-14-13(19)15(3)9-10(2)12(17)18/h10-11H,4-9H2,1-3H3,(H,14,19)(H,17,18). The van der Waals surface area contributed by atoms with Crippen LogP contribution in [-0.4, -0.2) is 66.2 Å². The zero-order valence-corrected chi connectivity index (χ0v) is 12.1. The molecule has 0 radical (unpaired) electrons. The first kappa shape index (κ1) is 15.8. The van der Waals surface area contributed by atoms with Gasteiger partial charge in [0.25, 0.3) is 0 Å². The predicted octanol–water partition coefficient (Wildman–Crippen LogP) is 0.833.